The summed E-state index contributed by atoms with van der Waals surface area (Å²) < 4.78 is 37.1. The lowest BCUT2D eigenvalue weighted by Gasteiger charge is -2.39. The third kappa shape index (κ3) is 4.33. The molecule has 0 aliphatic carbocycles. The van der Waals surface area contributed by atoms with Crippen molar-refractivity contribution in [2.75, 3.05) is 26.7 Å². The summed E-state index contributed by atoms with van der Waals surface area (Å²) in [4.78, 5) is 16.9. The van der Waals surface area contributed by atoms with Crippen LogP contribution in [0.25, 0.3) is 0 Å². The summed E-state index contributed by atoms with van der Waals surface area (Å²) >= 11 is 0. The molecule has 1 aliphatic heterocycles. The molecule has 2 heterocycles. The lowest BCUT2D eigenvalue weighted by molar-refractivity contribution is 0.0536. The van der Waals surface area contributed by atoms with Gasteiger partial charge in [0, 0.05) is 31.8 Å². The van der Waals surface area contributed by atoms with Crippen molar-refractivity contribution >= 4 is 5.91 Å². The van der Waals surface area contributed by atoms with E-state index in [1.54, 1.807) is 4.90 Å². The summed E-state index contributed by atoms with van der Waals surface area (Å²) in [5.74, 6) is -1.56. The number of benzene rings is 2. The lowest BCUT2D eigenvalue weighted by atomic mass is 10.0. The van der Waals surface area contributed by atoms with Crippen molar-refractivity contribution in [3.8, 4) is 5.75 Å². The molecule has 0 bridgehead atoms. The molecular weight excluding hydrogens is 392 g/mol. The average Bonchev–Trinajstić information content (AvgIpc) is 3.23. The Labute approximate surface area is 172 Å². The first-order valence-corrected chi connectivity index (χ1v) is 9.59. The molecule has 1 aromatic heterocycles. The van der Waals surface area contributed by atoms with Gasteiger partial charge in [-0.2, -0.15) is 0 Å². The quantitative estimate of drug-likeness (QED) is 0.639. The molecule has 8 heteroatoms. The van der Waals surface area contributed by atoms with Crippen LogP contribution in [-0.4, -0.2) is 47.5 Å². The highest BCUT2D eigenvalue weighted by molar-refractivity contribution is 5.92. The number of hydrogen-bond acceptors (Lipinski definition) is 5. The number of carbonyl (C=O) groups is 1. The highest BCUT2D eigenvalue weighted by Crippen LogP contribution is 2.25. The largest absolute Gasteiger partial charge is 0.482 e. The summed E-state index contributed by atoms with van der Waals surface area (Å²) in [6, 6.07) is 14.7. The number of nitrogens with zero attached hydrogens (tertiary/aromatic N) is 3. The Morgan fingerprint density at radius 2 is 1.97 bits per heavy atom. The number of halogens is 2. The SMILES string of the molecule is CN1CCN(C(=O)c2cc(COc3ccc(F)cc3F)on2)C[C@H]1c1ccccc1. The summed E-state index contributed by atoms with van der Waals surface area (Å²) in [6.07, 6.45) is 0. The molecule has 1 atom stereocenters. The van der Waals surface area contributed by atoms with Crippen LogP contribution in [0.4, 0.5) is 8.78 Å². The van der Waals surface area contributed by atoms with Gasteiger partial charge in [0.05, 0.1) is 6.04 Å². The smallest absolute Gasteiger partial charge is 0.276 e. The van der Waals surface area contributed by atoms with Crippen LogP contribution < -0.4 is 4.74 Å². The molecule has 0 spiro atoms. The average molecular weight is 413 g/mol. The molecule has 2 aromatic carbocycles. The molecule has 156 valence electrons. The van der Waals surface area contributed by atoms with E-state index in [9.17, 15) is 13.6 Å². The Kier molecular flexibility index (Phi) is 5.76. The van der Waals surface area contributed by atoms with Gasteiger partial charge in [-0.15, -0.1) is 0 Å². The minimum Gasteiger partial charge on any atom is -0.482 e. The molecule has 4 rings (SSSR count). The van der Waals surface area contributed by atoms with E-state index in [0.717, 1.165) is 24.2 Å². The van der Waals surface area contributed by atoms with E-state index < -0.39 is 11.6 Å². The summed E-state index contributed by atoms with van der Waals surface area (Å²) in [5.41, 5.74) is 1.32. The van der Waals surface area contributed by atoms with E-state index in [0.29, 0.717) is 13.1 Å². The second-order valence-electron chi connectivity index (χ2n) is 7.20. The van der Waals surface area contributed by atoms with Gasteiger partial charge in [0.1, 0.15) is 12.4 Å². The van der Waals surface area contributed by atoms with Crippen molar-refractivity contribution in [2.24, 2.45) is 0 Å². The van der Waals surface area contributed by atoms with E-state index in [-0.39, 0.29) is 35.8 Å². The third-order valence-electron chi connectivity index (χ3n) is 5.16. The molecule has 3 aromatic rings. The van der Waals surface area contributed by atoms with E-state index >= 15 is 0 Å². The molecule has 30 heavy (non-hydrogen) atoms. The van der Waals surface area contributed by atoms with E-state index in [1.165, 1.54) is 12.1 Å². The zero-order chi connectivity index (χ0) is 21.1. The number of carbonyl (C=O) groups excluding carboxylic acids is 1. The minimum atomic E-state index is -0.810. The van der Waals surface area contributed by atoms with Gasteiger partial charge in [-0.3, -0.25) is 9.69 Å². The Bertz CT molecular complexity index is 1030. The number of amides is 1. The first kappa shape index (κ1) is 20.0. The monoisotopic (exact) mass is 413 g/mol. The molecule has 6 nitrogen and oxygen atoms in total. The minimum absolute atomic E-state index is 0.0973. The van der Waals surface area contributed by atoms with Crippen LogP contribution in [0.15, 0.2) is 59.1 Å². The Hall–Kier alpha value is -3.26. The van der Waals surface area contributed by atoms with Crippen LogP contribution >= 0.6 is 0 Å². The highest BCUT2D eigenvalue weighted by atomic mass is 19.1. The maximum Gasteiger partial charge on any atom is 0.276 e. The molecule has 0 radical (unpaired) electrons. The van der Waals surface area contributed by atoms with E-state index in [1.807, 2.05) is 25.2 Å². The standard InChI is InChI=1S/C22H21F2N3O3/c1-26-9-10-27(13-20(26)15-5-3-2-4-6-15)22(28)19-12-17(30-25-19)14-29-21-8-7-16(23)11-18(21)24/h2-8,11-12,20H,9-10,13-14H2,1H3/t20-/m0/s1. The topological polar surface area (TPSA) is 58.8 Å². The molecule has 1 aliphatic rings. The van der Waals surface area contributed by atoms with Crippen molar-refractivity contribution in [3.05, 3.63) is 83.2 Å². The van der Waals surface area contributed by atoms with Crippen LogP contribution in [-0.2, 0) is 6.61 Å². The maximum atomic E-state index is 13.7. The molecule has 0 N–H and O–H groups in total. The van der Waals surface area contributed by atoms with E-state index in [2.05, 4.69) is 22.2 Å². The van der Waals surface area contributed by atoms with Crippen molar-refractivity contribution in [2.45, 2.75) is 12.6 Å². The van der Waals surface area contributed by atoms with Crippen molar-refractivity contribution < 1.29 is 22.8 Å². The number of likely N-dealkylation sites (N-methyl/N-ethyl adjacent to an activating group) is 1. The summed E-state index contributed by atoms with van der Waals surface area (Å²) in [6.45, 7) is 1.73. The predicted molar refractivity (Wildman–Crippen MR) is 105 cm³/mol. The zero-order valence-corrected chi connectivity index (χ0v) is 16.4. The highest BCUT2D eigenvalue weighted by Gasteiger charge is 2.30. The number of ether oxygens (including phenoxy) is 1. The van der Waals surface area contributed by atoms with Crippen LogP contribution in [0.2, 0.25) is 0 Å². The first-order chi connectivity index (χ1) is 14.5. The fourth-order valence-corrected chi connectivity index (χ4v) is 3.48. The number of hydrogen-bond donors (Lipinski definition) is 0. The first-order valence-electron chi connectivity index (χ1n) is 9.59. The van der Waals surface area contributed by atoms with Gasteiger partial charge in [0.15, 0.2) is 23.0 Å². The fraction of sp³-hybridized carbons (Fsp3) is 0.273. The molecule has 1 amide bonds. The molecular formula is C22H21F2N3O3. The second kappa shape index (κ2) is 8.62. The van der Waals surface area contributed by atoms with Gasteiger partial charge in [-0.05, 0) is 24.7 Å². The molecule has 0 unspecified atom stereocenters. The Morgan fingerprint density at radius 1 is 1.17 bits per heavy atom. The lowest BCUT2D eigenvalue weighted by Crippen LogP contribution is -2.49. The van der Waals surface area contributed by atoms with Crippen molar-refractivity contribution in [1.82, 2.24) is 15.0 Å². The number of aromatic nitrogens is 1. The van der Waals surface area contributed by atoms with Crippen LogP contribution in [0.5, 0.6) is 5.75 Å². The maximum absolute atomic E-state index is 13.7. The molecule has 1 fully saturated rings. The van der Waals surface area contributed by atoms with Gasteiger partial charge in [0.25, 0.3) is 5.91 Å². The Morgan fingerprint density at radius 3 is 2.73 bits per heavy atom. The summed E-state index contributed by atoms with van der Waals surface area (Å²) in [5, 5.41) is 3.84. The van der Waals surface area contributed by atoms with Gasteiger partial charge in [0.2, 0.25) is 0 Å². The molecule has 0 saturated carbocycles. The zero-order valence-electron chi connectivity index (χ0n) is 16.4. The number of piperazine rings is 1. The van der Waals surface area contributed by atoms with Gasteiger partial charge in [-0.25, -0.2) is 8.78 Å². The third-order valence-corrected chi connectivity index (χ3v) is 5.16. The van der Waals surface area contributed by atoms with Crippen molar-refractivity contribution in [1.29, 1.82) is 0 Å². The van der Waals surface area contributed by atoms with Crippen molar-refractivity contribution in [3.63, 3.8) is 0 Å². The molecule has 1 saturated heterocycles. The fourth-order valence-electron chi connectivity index (χ4n) is 3.48. The van der Waals surface area contributed by atoms with Gasteiger partial charge < -0.3 is 14.2 Å². The van der Waals surface area contributed by atoms with E-state index in [4.69, 9.17) is 9.26 Å². The second-order valence-corrected chi connectivity index (χ2v) is 7.20. The van der Waals surface area contributed by atoms with Crippen LogP contribution in [0.1, 0.15) is 27.9 Å². The van der Waals surface area contributed by atoms with Crippen LogP contribution in [0.3, 0.4) is 0 Å². The summed E-state index contributed by atoms with van der Waals surface area (Å²) in [7, 11) is 2.04. The predicted octanol–water partition coefficient (Wildman–Crippen LogP) is 3.66. The number of rotatable bonds is 5. The Balaban J connectivity index is 1.41. The van der Waals surface area contributed by atoms with Crippen LogP contribution in [0, 0.1) is 11.6 Å². The van der Waals surface area contributed by atoms with Gasteiger partial charge in [-0.1, -0.05) is 35.5 Å². The van der Waals surface area contributed by atoms with Gasteiger partial charge >= 0.3 is 0 Å². The normalized spacial score (nSPS) is 17.2.